The maximum Gasteiger partial charge on any atom is 0.501 e. The number of hydrogen-bond donors (Lipinski definition) is 1. The first-order chi connectivity index (χ1) is 12.0. The van der Waals surface area contributed by atoms with Crippen LogP contribution >= 0.6 is 0 Å². The van der Waals surface area contributed by atoms with Gasteiger partial charge in [-0.25, -0.2) is 12.8 Å². The molecule has 0 fully saturated rings. The molecule has 0 spiro atoms. The van der Waals surface area contributed by atoms with Crippen molar-refractivity contribution in [3.05, 3.63) is 59.7 Å². The second-order valence-electron chi connectivity index (χ2n) is 5.59. The number of ether oxygens (including phenoxy) is 1. The van der Waals surface area contributed by atoms with E-state index in [1.807, 2.05) is 0 Å². The van der Waals surface area contributed by atoms with Crippen LogP contribution in [0.3, 0.4) is 0 Å². The lowest BCUT2D eigenvalue weighted by molar-refractivity contribution is -0.0437. The molecule has 0 aliphatic heterocycles. The lowest BCUT2D eigenvalue weighted by Gasteiger charge is -2.17. The van der Waals surface area contributed by atoms with E-state index >= 15 is 0 Å². The molecule has 0 saturated heterocycles. The highest BCUT2D eigenvalue weighted by Gasteiger charge is 2.49. The third kappa shape index (κ3) is 3.83. The quantitative estimate of drug-likeness (QED) is 0.462. The minimum Gasteiger partial charge on any atom is -0.462 e. The number of hydrogen-bond acceptors (Lipinski definition) is 4. The van der Waals surface area contributed by atoms with E-state index in [1.54, 1.807) is 0 Å². The van der Waals surface area contributed by atoms with Crippen molar-refractivity contribution in [1.29, 1.82) is 0 Å². The fourth-order valence-electron chi connectivity index (χ4n) is 2.60. The van der Waals surface area contributed by atoms with Crippen LogP contribution in [0.4, 0.5) is 17.6 Å². The van der Waals surface area contributed by atoms with Gasteiger partial charge in [-0.2, -0.15) is 13.2 Å². The van der Waals surface area contributed by atoms with Gasteiger partial charge >= 0.3 is 5.51 Å². The molecule has 26 heavy (non-hydrogen) atoms. The van der Waals surface area contributed by atoms with Gasteiger partial charge in [0.25, 0.3) is 9.84 Å². The van der Waals surface area contributed by atoms with Crippen molar-refractivity contribution in [2.24, 2.45) is 0 Å². The van der Waals surface area contributed by atoms with Gasteiger partial charge in [0, 0.05) is 11.1 Å². The Kier molecular flexibility index (Phi) is 5.62. The number of halogens is 4. The van der Waals surface area contributed by atoms with Crippen LogP contribution in [0.15, 0.2) is 53.4 Å². The number of benzene rings is 1. The van der Waals surface area contributed by atoms with Crippen LogP contribution in [0, 0.1) is 0 Å². The smallest absolute Gasteiger partial charge is 0.462 e. The van der Waals surface area contributed by atoms with Crippen molar-refractivity contribution in [3.63, 3.8) is 0 Å². The van der Waals surface area contributed by atoms with Crippen molar-refractivity contribution in [2.45, 2.75) is 36.3 Å². The molecule has 0 bridgehead atoms. The van der Waals surface area contributed by atoms with Gasteiger partial charge in [-0.3, -0.25) is 0 Å². The number of aliphatic hydroxyl groups excluding tert-OH is 1. The molecule has 4 nitrogen and oxygen atoms in total. The van der Waals surface area contributed by atoms with Crippen LogP contribution in [0.5, 0.6) is 5.75 Å². The van der Waals surface area contributed by atoms with E-state index in [4.69, 9.17) is 4.74 Å². The number of rotatable bonds is 5. The molecule has 1 aromatic carbocycles. The van der Waals surface area contributed by atoms with E-state index in [2.05, 4.69) is 6.58 Å². The SMILES string of the molecule is C=C/C(F)=C\C=C(/C)Oc1ccc(S(=O)(=O)C(F)(F)F)c2c1CCC2O. The zero-order valence-corrected chi connectivity index (χ0v) is 14.5. The zero-order valence-electron chi connectivity index (χ0n) is 13.7. The Morgan fingerprint density at radius 3 is 2.58 bits per heavy atom. The third-order valence-corrected chi connectivity index (χ3v) is 5.36. The topological polar surface area (TPSA) is 63.6 Å². The fourth-order valence-corrected chi connectivity index (χ4v) is 3.64. The van der Waals surface area contributed by atoms with E-state index in [-0.39, 0.29) is 35.5 Å². The molecule has 0 amide bonds. The van der Waals surface area contributed by atoms with Crippen LogP contribution in [-0.2, 0) is 16.3 Å². The number of aliphatic hydroxyl groups is 1. The summed E-state index contributed by atoms with van der Waals surface area (Å²) in [5.74, 6) is -0.281. The van der Waals surface area contributed by atoms with Crippen LogP contribution in [0.1, 0.15) is 30.6 Å². The molecule has 1 aromatic rings. The Bertz CT molecular complexity index is 883. The second-order valence-corrected chi connectivity index (χ2v) is 7.50. The molecular formula is C17H16F4O4S. The summed E-state index contributed by atoms with van der Waals surface area (Å²) in [7, 11) is -5.61. The van der Waals surface area contributed by atoms with Crippen LogP contribution in [0.25, 0.3) is 0 Å². The van der Waals surface area contributed by atoms with Crippen molar-refractivity contribution in [3.8, 4) is 5.75 Å². The highest BCUT2D eigenvalue weighted by Crippen LogP contribution is 2.44. The Hall–Kier alpha value is -2.13. The molecule has 142 valence electrons. The Morgan fingerprint density at radius 2 is 2.00 bits per heavy atom. The summed E-state index contributed by atoms with van der Waals surface area (Å²) >= 11 is 0. The molecule has 2 rings (SSSR count). The molecule has 1 N–H and O–H groups in total. The van der Waals surface area contributed by atoms with Crippen LogP contribution in [-0.4, -0.2) is 19.0 Å². The molecule has 1 unspecified atom stereocenters. The zero-order chi connectivity index (χ0) is 19.7. The first-order valence-electron chi connectivity index (χ1n) is 7.48. The van der Waals surface area contributed by atoms with Gasteiger partial charge < -0.3 is 9.84 Å². The standard InChI is InChI=1S/C17H16F4O4S/c1-3-11(18)5-4-10(2)25-14-8-9-15(26(23,24)17(19,20)21)16-12(14)6-7-13(16)22/h3-5,8-9,13,22H,1,6-7H2,2H3/b10-4+,11-5+. The second kappa shape index (κ2) is 7.24. The molecule has 1 aliphatic carbocycles. The summed E-state index contributed by atoms with van der Waals surface area (Å²) < 4.78 is 80.7. The highest BCUT2D eigenvalue weighted by molar-refractivity contribution is 7.92. The maximum atomic E-state index is 13.0. The first kappa shape index (κ1) is 20.2. The highest BCUT2D eigenvalue weighted by atomic mass is 32.2. The summed E-state index contributed by atoms with van der Waals surface area (Å²) in [6.07, 6.45) is 2.23. The van der Waals surface area contributed by atoms with E-state index in [0.29, 0.717) is 0 Å². The lowest BCUT2D eigenvalue weighted by atomic mass is 10.1. The summed E-state index contributed by atoms with van der Waals surface area (Å²) in [6.45, 7) is 4.73. The number of fused-ring (bicyclic) bond motifs is 1. The van der Waals surface area contributed by atoms with E-state index < -0.39 is 32.2 Å². The predicted octanol–water partition coefficient (Wildman–Crippen LogP) is 4.28. The van der Waals surface area contributed by atoms with E-state index in [9.17, 15) is 31.1 Å². The molecule has 0 aromatic heterocycles. The van der Waals surface area contributed by atoms with Gasteiger partial charge in [0.2, 0.25) is 0 Å². The van der Waals surface area contributed by atoms with Crippen molar-refractivity contribution in [1.82, 2.24) is 0 Å². The maximum absolute atomic E-state index is 13.0. The molecule has 1 atom stereocenters. The molecule has 0 heterocycles. The van der Waals surface area contributed by atoms with Gasteiger partial charge in [-0.15, -0.1) is 0 Å². The fraction of sp³-hybridized carbons (Fsp3) is 0.294. The summed E-state index contributed by atoms with van der Waals surface area (Å²) in [4.78, 5) is -0.975. The van der Waals surface area contributed by atoms with E-state index in [0.717, 1.165) is 24.3 Å². The van der Waals surface area contributed by atoms with Crippen molar-refractivity contribution < 1.29 is 35.8 Å². The molecule has 1 aliphatic rings. The molecule has 9 heteroatoms. The lowest BCUT2D eigenvalue weighted by Crippen LogP contribution is -2.25. The first-order valence-corrected chi connectivity index (χ1v) is 8.97. The van der Waals surface area contributed by atoms with Crippen LogP contribution < -0.4 is 4.74 Å². The predicted molar refractivity (Wildman–Crippen MR) is 86.7 cm³/mol. The molecule has 0 radical (unpaired) electrons. The van der Waals surface area contributed by atoms with Gasteiger partial charge in [-0.1, -0.05) is 6.58 Å². The van der Waals surface area contributed by atoms with Gasteiger partial charge in [0.1, 0.15) is 17.3 Å². The summed E-state index contributed by atoms with van der Waals surface area (Å²) in [5.41, 5.74) is -5.60. The van der Waals surface area contributed by atoms with Gasteiger partial charge in [0.05, 0.1) is 11.0 Å². The number of sulfone groups is 1. The Morgan fingerprint density at radius 1 is 1.35 bits per heavy atom. The average Bonchev–Trinajstić information content (AvgIpc) is 2.94. The number of allylic oxidation sites excluding steroid dienone is 5. The van der Waals surface area contributed by atoms with Crippen molar-refractivity contribution in [2.75, 3.05) is 0 Å². The van der Waals surface area contributed by atoms with Crippen molar-refractivity contribution >= 4 is 9.84 Å². The average molecular weight is 392 g/mol. The number of alkyl halides is 3. The largest absolute Gasteiger partial charge is 0.501 e. The molecule has 0 saturated carbocycles. The summed E-state index contributed by atoms with van der Waals surface area (Å²) in [5, 5.41) is 9.99. The van der Waals surface area contributed by atoms with Gasteiger partial charge in [0.15, 0.2) is 0 Å². The minimum atomic E-state index is -5.61. The van der Waals surface area contributed by atoms with Gasteiger partial charge in [-0.05, 0) is 50.1 Å². The Balaban J connectivity index is 2.50. The normalized spacial score (nSPS) is 18.6. The van der Waals surface area contributed by atoms with Crippen LogP contribution in [0.2, 0.25) is 0 Å². The Labute approximate surface area is 148 Å². The summed E-state index contributed by atoms with van der Waals surface area (Å²) in [6, 6.07) is 1.86. The monoisotopic (exact) mass is 392 g/mol. The molecular weight excluding hydrogens is 376 g/mol. The van der Waals surface area contributed by atoms with E-state index in [1.165, 1.54) is 13.0 Å². The minimum absolute atomic E-state index is 0.0733. The third-order valence-electron chi connectivity index (χ3n) is 3.81.